The van der Waals surface area contributed by atoms with E-state index in [2.05, 4.69) is 5.16 Å². The summed E-state index contributed by atoms with van der Waals surface area (Å²) in [7, 11) is 0. The highest BCUT2D eigenvalue weighted by Gasteiger charge is 2.18. The van der Waals surface area contributed by atoms with Crippen LogP contribution in [0.2, 0.25) is 0 Å². The van der Waals surface area contributed by atoms with E-state index in [1.54, 1.807) is 6.07 Å². The van der Waals surface area contributed by atoms with Gasteiger partial charge in [0.25, 0.3) is 0 Å². The third-order valence-corrected chi connectivity index (χ3v) is 2.98. The molecule has 1 fully saturated rings. The molecule has 0 bridgehead atoms. The van der Waals surface area contributed by atoms with Crippen LogP contribution in [0.3, 0.4) is 0 Å². The Kier molecular flexibility index (Phi) is 4.04. The second-order valence-corrected chi connectivity index (χ2v) is 4.41. The van der Waals surface area contributed by atoms with Gasteiger partial charge >= 0.3 is 0 Å². The Morgan fingerprint density at radius 1 is 1.44 bits per heavy atom. The van der Waals surface area contributed by atoms with Crippen LogP contribution in [0, 0.1) is 6.92 Å². The van der Waals surface area contributed by atoms with E-state index in [4.69, 9.17) is 20.4 Å². The highest BCUT2D eigenvalue weighted by molar-refractivity contribution is 5.99. The highest BCUT2D eigenvalue weighted by Crippen LogP contribution is 2.24. The first kappa shape index (κ1) is 12.7. The van der Waals surface area contributed by atoms with Crippen LogP contribution >= 0.6 is 0 Å². The average Bonchev–Trinajstić information content (AvgIpc) is 2.39. The van der Waals surface area contributed by atoms with Gasteiger partial charge in [0.05, 0.1) is 18.8 Å². The molecule has 3 N–H and O–H groups in total. The van der Waals surface area contributed by atoms with Gasteiger partial charge in [-0.05, 0) is 24.6 Å². The first-order valence-electron chi connectivity index (χ1n) is 6.03. The standard InChI is InChI=1S/C13H18N2O3/c1-9-2-3-11(13(14)15-16)12(8-9)18-10-4-6-17-7-5-10/h2-3,8,10,16H,4-7H2,1H3,(H2,14,15). The molecule has 1 aromatic rings. The smallest absolute Gasteiger partial charge is 0.173 e. The van der Waals surface area contributed by atoms with E-state index in [1.165, 1.54) is 0 Å². The quantitative estimate of drug-likeness (QED) is 0.370. The molecule has 0 aliphatic carbocycles. The van der Waals surface area contributed by atoms with E-state index >= 15 is 0 Å². The molecule has 1 heterocycles. The summed E-state index contributed by atoms with van der Waals surface area (Å²) in [5.74, 6) is 0.731. The summed E-state index contributed by atoms with van der Waals surface area (Å²) in [5.41, 5.74) is 7.34. The van der Waals surface area contributed by atoms with Gasteiger partial charge in [-0.15, -0.1) is 0 Å². The van der Waals surface area contributed by atoms with Gasteiger partial charge in [-0.3, -0.25) is 0 Å². The Morgan fingerprint density at radius 3 is 2.83 bits per heavy atom. The van der Waals surface area contributed by atoms with Crippen molar-refractivity contribution in [2.75, 3.05) is 13.2 Å². The third kappa shape index (κ3) is 2.92. The number of rotatable bonds is 3. The van der Waals surface area contributed by atoms with Gasteiger partial charge in [0.2, 0.25) is 0 Å². The maximum Gasteiger partial charge on any atom is 0.173 e. The largest absolute Gasteiger partial charge is 0.489 e. The maximum atomic E-state index is 8.78. The van der Waals surface area contributed by atoms with Crippen molar-refractivity contribution in [3.63, 3.8) is 0 Å². The minimum absolute atomic E-state index is 0.0667. The molecular formula is C13H18N2O3. The summed E-state index contributed by atoms with van der Waals surface area (Å²) >= 11 is 0. The number of oxime groups is 1. The summed E-state index contributed by atoms with van der Waals surface area (Å²) in [4.78, 5) is 0. The zero-order chi connectivity index (χ0) is 13.0. The molecule has 0 unspecified atom stereocenters. The van der Waals surface area contributed by atoms with E-state index in [0.29, 0.717) is 11.3 Å². The van der Waals surface area contributed by atoms with E-state index in [9.17, 15) is 0 Å². The van der Waals surface area contributed by atoms with Crippen LogP contribution in [0.1, 0.15) is 24.0 Å². The lowest BCUT2D eigenvalue weighted by Crippen LogP contribution is -2.27. The lowest BCUT2D eigenvalue weighted by molar-refractivity contribution is 0.0254. The van der Waals surface area contributed by atoms with Gasteiger partial charge in [-0.1, -0.05) is 11.2 Å². The molecule has 1 aromatic carbocycles. The second-order valence-electron chi connectivity index (χ2n) is 4.41. The minimum atomic E-state index is 0.0667. The molecule has 1 saturated heterocycles. The monoisotopic (exact) mass is 250 g/mol. The number of hydrogen-bond donors (Lipinski definition) is 2. The number of nitrogens with zero attached hydrogens (tertiary/aromatic N) is 1. The van der Waals surface area contributed by atoms with E-state index < -0.39 is 0 Å². The molecule has 2 rings (SSSR count). The van der Waals surface area contributed by atoms with Crippen LogP contribution < -0.4 is 10.5 Å². The molecule has 0 radical (unpaired) electrons. The lowest BCUT2D eigenvalue weighted by Gasteiger charge is -2.24. The van der Waals surface area contributed by atoms with Crippen molar-refractivity contribution in [2.24, 2.45) is 10.9 Å². The highest BCUT2D eigenvalue weighted by atomic mass is 16.5. The zero-order valence-corrected chi connectivity index (χ0v) is 10.4. The van der Waals surface area contributed by atoms with Crippen LogP contribution in [0.4, 0.5) is 0 Å². The molecule has 0 aromatic heterocycles. The molecule has 0 spiro atoms. The number of aryl methyl sites for hydroxylation is 1. The Labute approximate surface area is 106 Å². The molecule has 1 aliphatic rings. The summed E-state index contributed by atoms with van der Waals surface area (Å²) in [6, 6.07) is 5.62. The summed E-state index contributed by atoms with van der Waals surface area (Å²) < 4.78 is 11.2. The lowest BCUT2D eigenvalue weighted by atomic mass is 10.1. The zero-order valence-electron chi connectivity index (χ0n) is 10.4. The topological polar surface area (TPSA) is 77.1 Å². The van der Waals surface area contributed by atoms with Crippen LogP contribution in [0.15, 0.2) is 23.4 Å². The number of benzene rings is 1. The second kappa shape index (κ2) is 5.73. The van der Waals surface area contributed by atoms with Gasteiger partial charge < -0.3 is 20.4 Å². The minimum Gasteiger partial charge on any atom is -0.489 e. The van der Waals surface area contributed by atoms with Crippen molar-refractivity contribution in [3.05, 3.63) is 29.3 Å². The molecule has 5 nitrogen and oxygen atoms in total. The summed E-state index contributed by atoms with van der Waals surface area (Å²) in [6.45, 7) is 3.41. The van der Waals surface area contributed by atoms with Crippen LogP contribution in [0.5, 0.6) is 5.75 Å². The van der Waals surface area contributed by atoms with Gasteiger partial charge in [-0.2, -0.15) is 0 Å². The number of ether oxygens (including phenoxy) is 2. The summed E-state index contributed by atoms with van der Waals surface area (Å²) in [6.07, 6.45) is 1.86. The van der Waals surface area contributed by atoms with Crippen molar-refractivity contribution in [1.29, 1.82) is 0 Å². The third-order valence-electron chi connectivity index (χ3n) is 2.98. The van der Waals surface area contributed by atoms with Crippen LogP contribution in [-0.4, -0.2) is 30.4 Å². The predicted molar refractivity (Wildman–Crippen MR) is 68.2 cm³/mol. The van der Waals surface area contributed by atoms with E-state index in [1.807, 2.05) is 19.1 Å². The summed E-state index contributed by atoms with van der Waals surface area (Å²) in [5, 5.41) is 11.8. The molecular weight excluding hydrogens is 232 g/mol. The number of amidine groups is 1. The van der Waals surface area contributed by atoms with Gasteiger partial charge in [0.15, 0.2) is 5.84 Å². The van der Waals surface area contributed by atoms with E-state index in [0.717, 1.165) is 31.6 Å². The molecule has 0 saturated carbocycles. The molecule has 18 heavy (non-hydrogen) atoms. The van der Waals surface area contributed by atoms with Crippen LogP contribution in [0.25, 0.3) is 0 Å². The fourth-order valence-corrected chi connectivity index (χ4v) is 1.97. The maximum absolute atomic E-state index is 8.78. The van der Waals surface area contributed by atoms with Crippen molar-refractivity contribution >= 4 is 5.84 Å². The first-order valence-corrected chi connectivity index (χ1v) is 6.03. The predicted octanol–water partition coefficient (Wildman–Crippen LogP) is 1.65. The number of hydrogen-bond acceptors (Lipinski definition) is 4. The first-order chi connectivity index (χ1) is 8.70. The Bertz CT molecular complexity index is 440. The molecule has 0 atom stereocenters. The van der Waals surface area contributed by atoms with Crippen molar-refractivity contribution in [1.82, 2.24) is 0 Å². The van der Waals surface area contributed by atoms with Gasteiger partial charge in [0.1, 0.15) is 11.9 Å². The average molecular weight is 250 g/mol. The number of nitrogens with two attached hydrogens (primary N) is 1. The van der Waals surface area contributed by atoms with Crippen molar-refractivity contribution < 1.29 is 14.7 Å². The normalized spacial score (nSPS) is 17.7. The fraction of sp³-hybridized carbons (Fsp3) is 0.462. The molecule has 0 amide bonds. The Balaban J connectivity index is 2.21. The SMILES string of the molecule is Cc1ccc(C(N)=NO)c(OC2CCOCC2)c1. The molecule has 1 aliphatic heterocycles. The van der Waals surface area contributed by atoms with E-state index in [-0.39, 0.29) is 11.9 Å². The fourth-order valence-electron chi connectivity index (χ4n) is 1.97. The van der Waals surface area contributed by atoms with Gasteiger partial charge in [0, 0.05) is 12.8 Å². The van der Waals surface area contributed by atoms with Crippen molar-refractivity contribution in [3.8, 4) is 5.75 Å². The molecule has 98 valence electrons. The van der Waals surface area contributed by atoms with Crippen molar-refractivity contribution in [2.45, 2.75) is 25.9 Å². The van der Waals surface area contributed by atoms with Crippen LogP contribution in [-0.2, 0) is 4.74 Å². The van der Waals surface area contributed by atoms with Gasteiger partial charge in [-0.25, -0.2) is 0 Å². The Hall–Kier alpha value is -1.75. The Morgan fingerprint density at radius 2 is 2.17 bits per heavy atom. The molecule has 5 heteroatoms.